The third-order valence-electron chi connectivity index (χ3n) is 5.41. The molecule has 0 radical (unpaired) electrons. The normalized spacial score (nSPS) is 17.2. The molecule has 2 aliphatic rings. The molecule has 0 saturated heterocycles. The molecule has 1 aliphatic carbocycles. The highest BCUT2D eigenvalue weighted by molar-refractivity contribution is 7.98. The van der Waals surface area contributed by atoms with Gasteiger partial charge in [-0.05, 0) is 50.3 Å². The van der Waals surface area contributed by atoms with Crippen LogP contribution in [0.15, 0.2) is 35.4 Å². The number of carbonyl (C=O) groups is 1. The van der Waals surface area contributed by atoms with Crippen molar-refractivity contribution in [1.29, 1.82) is 0 Å². The molecular weight excluding hydrogens is 372 g/mol. The van der Waals surface area contributed by atoms with Crippen LogP contribution in [0.25, 0.3) is 0 Å². The van der Waals surface area contributed by atoms with Crippen LogP contribution in [-0.2, 0) is 0 Å². The smallest absolute Gasteiger partial charge is 0.324 e. The predicted octanol–water partition coefficient (Wildman–Crippen LogP) is 4.50. The lowest BCUT2D eigenvalue weighted by Gasteiger charge is -2.45. The van der Waals surface area contributed by atoms with Gasteiger partial charge in [-0.25, -0.2) is 14.8 Å². The van der Waals surface area contributed by atoms with Crippen LogP contribution in [0, 0.1) is 0 Å². The fraction of sp³-hybridized carbons (Fsp3) is 0.450. The van der Waals surface area contributed by atoms with Crippen LogP contribution in [0.4, 0.5) is 27.9 Å². The number of benzene rings is 1. The van der Waals surface area contributed by atoms with Gasteiger partial charge >= 0.3 is 6.03 Å². The second-order valence-corrected chi connectivity index (χ2v) is 7.98. The first-order valence-electron chi connectivity index (χ1n) is 9.75. The molecule has 28 heavy (non-hydrogen) atoms. The first-order chi connectivity index (χ1) is 13.6. The molecule has 1 fully saturated rings. The molecule has 4 rings (SSSR count). The van der Waals surface area contributed by atoms with Gasteiger partial charge < -0.3 is 5.32 Å². The van der Waals surface area contributed by atoms with E-state index in [1.54, 1.807) is 29.9 Å². The van der Waals surface area contributed by atoms with Crippen LogP contribution in [0.3, 0.4) is 0 Å². The molecular formula is C20H26N6OS. The van der Waals surface area contributed by atoms with Crippen molar-refractivity contribution in [2.75, 3.05) is 35.1 Å². The second kappa shape index (κ2) is 7.87. The number of nitrogens with zero attached hydrogens (tertiary/aromatic N) is 5. The quantitative estimate of drug-likeness (QED) is 0.748. The van der Waals surface area contributed by atoms with E-state index in [1.165, 1.54) is 17.7 Å². The Morgan fingerprint density at radius 3 is 2.57 bits per heavy atom. The van der Waals surface area contributed by atoms with Gasteiger partial charge in [0.15, 0.2) is 5.82 Å². The summed E-state index contributed by atoms with van der Waals surface area (Å²) in [5.41, 5.74) is 1.70. The largest absolute Gasteiger partial charge is 0.343 e. The maximum atomic E-state index is 12.9. The van der Waals surface area contributed by atoms with Crippen LogP contribution < -0.4 is 15.2 Å². The molecule has 2 amide bonds. The summed E-state index contributed by atoms with van der Waals surface area (Å²) < 4.78 is 0. The summed E-state index contributed by atoms with van der Waals surface area (Å²) in [5, 5.41) is 7.21. The number of amides is 2. The fourth-order valence-electron chi connectivity index (χ4n) is 3.92. The maximum Gasteiger partial charge on any atom is 0.343 e. The van der Waals surface area contributed by atoms with Gasteiger partial charge in [-0.1, -0.05) is 12.8 Å². The van der Waals surface area contributed by atoms with E-state index in [4.69, 9.17) is 4.98 Å². The zero-order valence-corrected chi connectivity index (χ0v) is 17.4. The SMILES string of the molecule is CCN1C(=O)N(C)c2cnc(Nc3ccc(SC)cc3)nc2N1C1CCCC1. The molecule has 7 nitrogen and oxygen atoms in total. The number of hydrogen-bond acceptors (Lipinski definition) is 6. The summed E-state index contributed by atoms with van der Waals surface area (Å²) in [7, 11) is 1.79. The van der Waals surface area contributed by atoms with Crippen LogP contribution in [-0.4, -0.2) is 46.9 Å². The number of hydrogen-bond donors (Lipinski definition) is 1. The van der Waals surface area contributed by atoms with Gasteiger partial charge in [-0.15, -0.1) is 11.8 Å². The summed E-state index contributed by atoms with van der Waals surface area (Å²) >= 11 is 1.71. The van der Waals surface area contributed by atoms with Crippen molar-refractivity contribution in [3.05, 3.63) is 30.5 Å². The fourth-order valence-corrected chi connectivity index (χ4v) is 4.33. The van der Waals surface area contributed by atoms with Gasteiger partial charge in [0.1, 0.15) is 5.69 Å². The average molecular weight is 399 g/mol. The van der Waals surface area contributed by atoms with Crippen molar-refractivity contribution < 1.29 is 4.79 Å². The number of thioether (sulfide) groups is 1. The standard InChI is InChI=1S/C20H26N6OS/c1-4-25-20(27)24(2)17-13-21-19(22-14-9-11-16(28-3)12-10-14)23-18(17)26(25)15-7-5-6-8-15/h9-13,15H,4-8H2,1-3H3,(H,21,22,23). The molecule has 1 N–H and O–H groups in total. The number of fused-ring (bicyclic) bond motifs is 1. The molecule has 1 aromatic heterocycles. The first kappa shape index (κ1) is 18.9. The lowest BCUT2D eigenvalue weighted by atomic mass is 10.2. The molecule has 148 valence electrons. The van der Waals surface area contributed by atoms with Gasteiger partial charge in [-0.2, -0.15) is 4.98 Å². The number of hydrazine groups is 1. The molecule has 0 spiro atoms. The molecule has 1 saturated carbocycles. The van der Waals surface area contributed by atoms with Gasteiger partial charge in [0, 0.05) is 24.2 Å². The van der Waals surface area contributed by atoms with Crippen LogP contribution in [0.5, 0.6) is 0 Å². The molecule has 0 atom stereocenters. The minimum atomic E-state index is -0.0288. The van der Waals surface area contributed by atoms with Crippen molar-refractivity contribution in [2.45, 2.75) is 43.5 Å². The minimum absolute atomic E-state index is 0.0288. The lowest BCUT2D eigenvalue weighted by Crippen LogP contribution is -2.59. The third kappa shape index (κ3) is 3.37. The number of rotatable bonds is 5. The van der Waals surface area contributed by atoms with Crippen molar-refractivity contribution >= 4 is 40.9 Å². The number of carbonyl (C=O) groups excluding carboxylic acids is 1. The average Bonchev–Trinajstić information content (AvgIpc) is 3.25. The van der Waals surface area contributed by atoms with Gasteiger partial charge in [0.2, 0.25) is 5.95 Å². The number of nitrogens with one attached hydrogen (secondary N) is 1. The summed E-state index contributed by atoms with van der Waals surface area (Å²) in [6.45, 7) is 2.62. The Morgan fingerprint density at radius 1 is 1.21 bits per heavy atom. The van der Waals surface area contributed by atoms with Gasteiger partial charge in [0.05, 0.1) is 12.2 Å². The summed E-state index contributed by atoms with van der Waals surface area (Å²) in [6.07, 6.45) is 8.34. The summed E-state index contributed by atoms with van der Waals surface area (Å²) in [6, 6.07) is 8.47. The van der Waals surface area contributed by atoms with Crippen molar-refractivity contribution in [3.8, 4) is 0 Å². The van der Waals surface area contributed by atoms with Crippen molar-refractivity contribution in [3.63, 3.8) is 0 Å². The summed E-state index contributed by atoms with van der Waals surface area (Å²) in [5.74, 6) is 1.34. The minimum Gasteiger partial charge on any atom is -0.324 e. The van der Waals surface area contributed by atoms with Crippen LogP contribution in [0.1, 0.15) is 32.6 Å². The van der Waals surface area contributed by atoms with Crippen molar-refractivity contribution in [1.82, 2.24) is 15.0 Å². The number of urea groups is 1. The first-order valence-corrected chi connectivity index (χ1v) is 11.0. The maximum absolute atomic E-state index is 12.9. The number of aromatic nitrogens is 2. The summed E-state index contributed by atoms with van der Waals surface area (Å²) in [4.78, 5) is 25.0. The molecule has 2 heterocycles. The Hall–Kier alpha value is -2.48. The van der Waals surface area contributed by atoms with E-state index < -0.39 is 0 Å². The molecule has 2 aromatic rings. The van der Waals surface area contributed by atoms with Crippen LogP contribution >= 0.6 is 11.8 Å². The molecule has 0 unspecified atom stereocenters. The van der Waals surface area contributed by atoms with E-state index in [0.29, 0.717) is 18.5 Å². The third-order valence-corrected chi connectivity index (χ3v) is 6.16. The highest BCUT2D eigenvalue weighted by Crippen LogP contribution is 2.38. The monoisotopic (exact) mass is 398 g/mol. The molecule has 1 aromatic carbocycles. The van der Waals surface area contributed by atoms with Crippen LogP contribution in [0.2, 0.25) is 0 Å². The Kier molecular flexibility index (Phi) is 5.30. The highest BCUT2D eigenvalue weighted by Gasteiger charge is 2.39. The zero-order chi connectivity index (χ0) is 19.7. The van der Waals surface area contributed by atoms with E-state index in [1.807, 2.05) is 24.1 Å². The molecule has 0 bridgehead atoms. The lowest BCUT2D eigenvalue weighted by molar-refractivity contribution is 0.191. The Labute approximate surface area is 170 Å². The van der Waals surface area contributed by atoms with E-state index in [-0.39, 0.29) is 6.03 Å². The zero-order valence-electron chi connectivity index (χ0n) is 16.6. The van der Waals surface area contributed by atoms with E-state index in [0.717, 1.165) is 30.0 Å². The van der Waals surface area contributed by atoms with Gasteiger partial charge in [-0.3, -0.25) is 9.91 Å². The van der Waals surface area contributed by atoms with E-state index >= 15 is 0 Å². The van der Waals surface area contributed by atoms with E-state index in [9.17, 15) is 4.79 Å². The molecule has 1 aliphatic heterocycles. The highest BCUT2D eigenvalue weighted by atomic mass is 32.2. The Bertz CT molecular complexity index is 852. The number of anilines is 4. The van der Waals surface area contributed by atoms with Gasteiger partial charge in [0.25, 0.3) is 0 Å². The predicted molar refractivity (Wildman–Crippen MR) is 114 cm³/mol. The Morgan fingerprint density at radius 2 is 1.93 bits per heavy atom. The van der Waals surface area contributed by atoms with Crippen molar-refractivity contribution in [2.24, 2.45) is 0 Å². The molecule has 8 heteroatoms. The topological polar surface area (TPSA) is 64.6 Å². The second-order valence-electron chi connectivity index (χ2n) is 7.10. The Balaban J connectivity index is 1.69. The van der Waals surface area contributed by atoms with E-state index in [2.05, 4.69) is 33.7 Å².